The first-order valence-corrected chi connectivity index (χ1v) is 18.7. The Bertz CT molecular complexity index is 1750. The van der Waals surface area contributed by atoms with Crippen LogP contribution in [0, 0.1) is 0 Å². The van der Waals surface area contributed by atoms with Gasteiger partial charge in [0.25, 0.3) is 20.0 Å². The van der Waals surface area contributed by atoms with E-state index in [2.05, 4.69) is 40.2 Å². The monoisotopic (exact) mass is 742 g/mol. The molecule has 1 aliphatic rings. The Hall–Kier alpha value is -3.25. The van der Waals surface area contributed by atoms with Crippen LogP contribution >= 0.6 is 38.6 Å². The summed E-state index contributed by atoms with van der Waals surface area (Å²) in [6.45, 7) is 7.75. The molecule has 1 aliphatic heterocycles. The maximum Gasteiger partial charge on any atom is 0.410 e. The van der Waals surface area contributed by atoms with Crippen molar-refractivity contribution in [1.82, 2.24) is 14.9 Å². The average Bonchev–Trinajstić information content (AvgIpc) is 3.67. The zero-order chi connectivity index (χ0) is 32.0. The number of rotatable bonds is 7. The lowest BCUT2D eigenvalue weighted by Gasteiger charge is -2.36. The van der Waals surface area contributed by atoms with Gasteiger partial charge in [-0.2, -0.15) is 0 Å². The highest BCUT2D eigenvalue weighted by Gasteiger charge is 2.26. The Labute approximate surface area is 273 Å². The number of amides is 1. The maximum absolute atomic E-state index is 12.6. The van der Waals surface area contributed by atoms with Crippen LogP contribution in [0.5, 0.6) is 0 Å². The molecular formula is C27H31BrN6O6S4. The first-order chi connectivity index (χ1) is 20.7. The minimum absolute atomic E-state index is 0.176. The van der Waals surface area contributed by atoms with E-state index in [9.17, 15) is 21.6 Å². The highest BCUT2D eigenvalue weighted by atomic mass is 79.9. The van der Waals surface area contributed by atoms with E-state index >= 15 is 0 Å². The number of sulfonamides is 2. The van der Waals surface area contributed by atoms with Crippen LogP contribution in [0.25, 0.3) is 0 Å². The van der Waals surface area contributed by atoms with Crippen molar-refractivity contribution in [2.45, 2.75) is 36.2 Å². The Morgan fingerprint density at radius 1 is 0.841 bits per heavy atom. The van der Waals surface area contributed by atoms with E-state index in [0.717, 1.165) is 10.2 Å². The number of nitrogens with one attached hydrogen (secondary N) is 2. The number of anilines is 3. The van der Waals surface area contributed by atoms with Gasteiger partial charge in [-0.1, -0.05) is 28.1 Å². The normalized spacial score (nSPS) is 13.9. The van der Waals surface area contributed by atoms with Gasteiger partial charge in [0.05, 0.1) is 9.79 Å². The van der Waals surface area contributed by atoms with Crippen molar-refractivity contribution in [2.75, 3.05) is 40.5 Å². The molecule has 5 rings (SSSR count). The molecule has 0 aliphatic carbocycles. The number of benzene rings is 2. The topological polar surface area (TPSA) is 151 Å². The molecule has 0 saturated carbocycles. The van der Waals surface area contributed by atoms with Crippen molar-refractivity contribution in [2.24, 2.45) is 0 Å². The molecule has 1 amide bonds. The summed E-state index contributed by atoms with van der Waals surface area (Å²) < 4.78 is 59.9. The number of aromatic nitrogens is 2. The summed E-state index contributed by atoms with van der Waals surface area (Å²) >= 11 is 5.69. The number of carbonyl (C=O) groups is 1. The highest BCUT2D eigenvalue weighted by Crippen LogP contribution is 2.24. The fourth-order valence-corrected chi connectivity index (χ4v) is 8.06. The van der Waals surface area contributed by atoms with Gasteiger partial charge in [0, 0.05) is 59.5 Å². The maximum atomic E-state index is 12.6. The van der Waals surface area contributed by atoms with Crippen LogP contribution < -0.4 is 14.3 Å². The number of piperazine rings is 1. The molecule has 0 unspecified atom stereocenters. The van der Waals surface area contributed by atoms with E-state index in [4.69, 9.17) is 4.74 Å². The Kier molecular flexibility index (Phi) is 10.9. The number of thiazole rings is 2. The molecule has 2 aromatic heterocycles. The first kappa shape index (κ1) is 33.6. The third kappa shape index (κ3) is 9.62. The van der Waals surface area contributed by atoms with Crippen molar-refractivity contribution >= 4 is 80.7 Å². The standard InChI is InChI=1S/C18H24N4O4S2.C9H7BrN2O2S2/c1-18(2,3)26-17(23)22-10-8-21(9-11-22)14-5-4-6-15(13-14)28(24,25)20-16-19-7-12-27-16;10-7-2-1-3-8(6-7)16(13,14)12-9-11-4-5-15-9/h4-7,12-13H,8-11H2,1-3H3,(H,19,20);1-6H,(H,11,12). The van der Waals surface area contributed by atoms with Crippen LogP contribution in [0.4, 0.5) is 20.7 Å². The Morgan fingerprint density at radius 3 is 1.84 bits per heavy atom. The lowest BCUT2D eigenvalue weighted by molar-refractivity contribution is 0.0240. The second-order valence-corrected chi connectivity index (χ2v) is 16.4. The number of ether oxygens (including phenoxy) is 1. The predicted molar refractivity (Wildman–Crippen MR) is 176 cm³/mol. The fraction of sp³-hybridized carbons (Fsp3) is 0.296. The van der Waals surface area contributed by atoms with E-state index in [1.165, 1.54) is 34.8 Å². The number of nitrogens with zero attached hydrogens (tertiary/aromatic N) is 4. The SMILES string of the molecule is CC(C)(C)OC(=O)N1CCN(c2cccc(S(=O)(=O)Nc3nccs3)c2)CC1.O=S(=O)(Nc1nccs1)c1cccc(Br)c1. The van der Waals surface area contributed by atoms with Gasteiger partial charge in [-0.05, 0) is 57.2 Å². The summed E-state index contributed by atoms with van der Waals surface area (Å²) in [5.74, 6) is 0. The van der Waals surface area contributed by atoms with Crippen LogP contribution in [-0.2, 0) is 24.8 Å². The molecule has 2 aromatic carbocycles. The van der Waals surface area contributed by atoms with Crippen LogP contribution in [0.1, 0.15) is 20.8 Å². The number of hydrogen-bond donors (Lipinski definition) is 2. The summed E-state index contributed by atoms with van der Waals surface area (Å²) in [5, 5.41) is 4.10. The molecule has 0 bridgehead atoms. The quantitative estimate of drug-likeness (QED) is 0.243. The minimum atomic E-state index is -3.70. The summed E-state index contributed by atoms with van der Waals surface area (Å²) in [5.41, 5.74) is 0.271. The largest absolute Gasteiger partial charge is 0.444 e. The Morgan fingerprint density at radius 2 is 1.36 bits per heavy atom. The van der Waals surface area contributed by atoms with Crippen molar-refractivity contribution in [3.63, 3.8) is 0 Å². The van der Waals surface area contributed by atoms with Gasteiger partial charge in [-0.3, -0.25) is 9.44 Å². The van der Waals surface area contributed by atoms with Crippen molar-refractivity contribution in [3.8, 4) is 0 Å². The zero-order valence-corrected chi connectivity index (χ0v) is 28.9. The molecule has 0 atom stereocenters. The molecule has 1 fully saturated rings. The molecule has 0 spiro atoms. The smallest absolute Gasteiger partial charge is 0.410 e. The first-order valence-electron chi connectivity index (χ1n) is 13.1. The van der Waals surface area contributed by atoms with Crippen molar-refractivity contribution in [3.05, 3.63) is 76.2 Å². The van der Waals surface area contributed by atoms with E-state index in [-0.39, 0.29) is 15.9 Å². The molecule has 4 aromatic rings. The summed E-state index contributed by atoms with van der Waals surface area (Å²) in [6.07, 6.45) is 2.77. The third-order valence-electron chi connectivity index (χ3n) is 5.84. The second-order valence-electron chi connectivity index (χ2n) is 10.3. The van der Waals surface area contributed by atoms with E-state index < -0.39 is 25.6 Å². The van der Waals surface area contributed by atoms with E-state index in [1.807, 2.05) is 26.8 Å². The number of hydrogen-bond acceptors (Lipinski definition) is 11. The van der Waals surface area contributed by atoms with E-state index in [1.54, 1.807) is 58.4 Å². The van der Waals surface area contributed by atoms with E-state index in [0.29, 0.717) is 36.4 Å². The minimum Gasteiger partial charge on any atom is -0.444 e. The average molecular weight is 744 g/mol. The van der Waals surface area contributed by atoms with Crippen LogP contribution in [-0.4, -0.2) is 69.6 Å². The molecule has 3 heterocycles. The van der Waals surface area contributed by atoms with Crippen LogP contribution in [0.2, 0.25) is 0 Å². The molecule has 12 nitrogen and oxygen atoms in total. The van der Waals surface area contributed by atoms with Crippen LogP contribution in [0.15, 0.2) is 85.9 Å². The lowest BCUT2D eigenvalue weighted by Crippen LogP contribution is -2.50. The summed E-state index contributed by atoms with van der Waals surface area (Å²) in [4.78, 5) is 24.1. The molecule has 1 saturated heterocycles. The molecule has 44 heavy (non-hydrogen) atoms. The summed E-state index contributed by atoms with van der Waals surface area (Å²) in [6, 6.07) is 13.3. The van der Waals surface area contributed by atoms with Gasteiger partial charge in [-0.15, -0.1) is 22.7 Å². The third-order valence-corrected chi connectivity index (χ3v) is 10.6. The Balaban J connectivity index is 0.000000233. The molecule has 0 radical (unpaired) electrons. The van der Waals surface area contributed by atoms with Gasteiger partial charge in [0.1, 0.15) is 5.60 Å². The molecular weight excluding hydrogens is 713 g/mol. The van der Waals surface area contributed by atoms with Crippen molar-refractivity contribution in [1.29, 1.82) is 0 Å². The molecule has 2 N–H and O–H groups in total. The van der Waals surface area contributed by atoms with Crippen LogP contribution in [0.3, 0.4) is 0 Å². The molecule has 236 valence electrons. The lowest BCUT2D eigenvalue weighted by atomic mass is 10.2. The van der Waals surface area contributed by atoms with Gasteiger partial charge in [-0.25, -0.2) is 31.6 Å². The second kappa shape index (κ2) is 14.2. The zero-order valence-electron chi connectivity index (χ0n) is 24.0. The molecule has 17 heteroatoms. The number of carbonyl (C=O) groups excluding carboxylic acids is 1. The summed E-state index contributed by atoms with van der Waals surface area (Å²) in [7, 11) is -7.24. The number of halogens is 1. The van der Waals surface area contributed by atoms with Gasteiger partial charge >= 0.3 is 6.09 Å². The fourth-order valence-electron chi connectivity index (χ4n) is 3.85. The predicted octanol–water partition coefficient (Wildman–Crippen LogP) is 5.71. The highest BCUT2D eigenvalue weighted by molar-refractivity contribution is 9.10. The van der Waals surface area contributed by atoms with Crippen molar-refractivity contribution < 1.29 is 26.4 Å². The van der Waals surface area contributed by atoms with Gasteiger partial charge < -0.3 is 14.5 Å². The van der Waals surface area contributed by atoms with Gasteiger partial charge in [0.2, 0.25) is 0 Å². The van der Waals surface area contributed by atoms with Gasteiger partial charge in [0.15, 0.2) is 10.3 Å².